The second-order valence-corrected chi connectivity index (χ2v) is 5.99. The van der Waals surface area contributed by atoms with E-state index < -0.39 is 23.6 Å². The van der Waals surface area contributed by atoms with Gasteiger partial charge < -0.3 is 10.1 Å². The minimum absolute atomic E-state index is 0.131. The molecule has 26 heavy (non-hydrogen) atoms. The molecular formula is C20H19FN2O3. The molecule has 1 heterocycles. The van der Waals surface area contributed by atoms with E-state index in [-0.39, 0.29) is 12.2 Å². The van der Waals surface area contributed by atoms with Gasteiger partial charge in [0.25, 0.3) is 5.91 Å². The summed E-state index contributed by atoms with van der Waals surface area (Å²) < 4.78 is 18.8. The van der Waals surface area contributed by atoms with Gasteiger partial charge in [0, 0.05) is 12.2 Å². The van der Waals surface area contributed by atoms with E-state index in [1.54, 1.807) is 6.92 Å². The van der Waals surface area contributed by atoms with Crippen molar-refractivity contribution in [3.63, 3.8) is 0 Å². The van der Waals surface area contributed by atoms with E-state index in [9.17, 15) is 14.0 Å². The summed E-state index contributed by atoms with van der Waals surface area (Å²) in [6.07, 6.45) is 4.04. The Morgan fingerprint density at radius 2 is 2.08 bits per heavy atom. The Labute approximate surface area is 151 Å². The van der Waals surface area contributed by atoms with Crippen LogP contribution in [0.2, 0.25) is 0 Å². The molecule has 1 N–H and O–H groups in total. The van der Waals surface area contributed by atoms with Gasteiger partial charge in [0.1, 0.15) is 11.4 Å². The van der Waals surface area contributed by atoms with E-state index in [0.29, 0.717) is 18.0 Å². The third-order valence-corrected chi connectivity index (χ3v) is 4.29. The lowest BCUT2D eigenvalue weighted by molar-refractivity contribution is -0.140. The number of rotatable bonds is 5. The van der Waals surface area contributed by atoms with Crippen molar-refractivity contribution in [3.05, 3.63) is 70.7 Å². The van der Waals surface area contributed by atoms with Crippen molar-refractivity contribution in [2.24, 2.45) is 10.9 Å². The highest BCUT2D eigenvalue weighted by Crippen LogP contribution is 2.29. The van der Waals surface area contributed by atoms with Crippen LogP contribution in [0.4, 0.5) is 4.39 Å². The van der Waals surface area contributed by atoms with Gasteiger partial charge in [-0.1, -0.05) is 24.3 Å². The van der Waals surface area contributed by atoms with Crippen molar-refractivity contribution in [2.45, 2.75) is 20.4 Å². The van der Waals surface area contributed by atoms with Crippen molar-refractivity contribution < 1.29 is 18.7 Å². The standard InChI is InChI=1S/C20H19FN2O3/c1-3-26-20(25)17-18(22-11-13-7-5-4-6-12(13)2)15-10-14(21)8-9-16(15)23-19(17)24/h4-10,15,22H,3,11H2,1-2H3. The van der Waals surface area contributed by atoms with Gasteiger partial charge in [-0.15, -0.1) is 0 Å². The van der Waals surface area contributed by atoms with Gasteiger partial charge in [-0.2, -0.15) is 0 Å². The summed E-state index contributed by atoms with van der Waals surface area (Å²) in [7, 11) is 0. The number of nitrogens with one attached hydrogen (secondary N) is 1. The maximum atomic E-state index is 13.8. The van der Waals surface area contributed by atoms with Gasteiger partial charge in [0.05, 0.1) is 18.2 Å². The first-order valence-corrected chi connectivity index (χ1v) is 8.39. The number of allylic oxidation sites excluding steroid dienone is 4. The topological polar surface area (TPSA) is 67.8 Å². The van der Waals surface area contributed by atoms with E-state index in [1.165, 1.54) is 18.2 Å². The highest BCUT2D eigenvalue weighted by atomic mass is 19.1. The number of amides is 1. The van der Waals surface area contributed by atoms with Crippen LogP contribution in [0.3, 0.4) is 0 Å². The van der Waals surface area contributed by atoms with Gasteiger partial charge in [-0.3, -0.25) is 4.79 Å². The second-order valence-electron chi connectivity index (χ2n) is 5.99. The molecule has 0 radical (unpaired) electrons. The van der Waals surface area contributed by atoms with Crippen LogP contribution >= 0.6 is 0 Å². The zero-order valence-corrected chi connectivity index (χ0v) is 14.6. The van der Waals surface area contributed by atoms with E-state index in [1.807, 2.05) is 31.2 Å². The predicted molar refractivity (Wildman–Crippen MR) is 95.9 cm³/mol. The smallest absolute Gasteiger partial charge is 0.345 e. The largest absolute Gasteiger partial charge is 0.462 e. The maximum absolute atomic E-state index is 13.8. The number of nitrogens with zero attached hydrogens (tertiary/aromatic N) is 1. The van der Waals surface area contributed by atoms with E-state index >= 15 is 0 Å². The monoisotopic (exact) mass is 354 g/mol. The first-order chi connectivity index (χ1) is 12.5. The maximum Gasteiger partial charge on any atom is 0.345 e. The summed E-state index contributed by atoms with van der Waals surface area (Å²) in [6, 6.07) is 7.76. The highest BCUT2D eigenvalue weighted by Gasteiger charge is 2.35. The lowest BCUT2D eigenvalue weighted by Crippen LogP contribution is -2.35. The molecule has 0 bridgehead atoms. The Kier molecular flexibility index (Phi) is 5.11. The van der Waals surface area contributed by atoms with E-state index in [0.717, 1.165) is 11.1 Å². The van der Waals surface area contributed by atoms with E-state index in [4.69, 9.17) is 4.74 Å². The van der Waals surface area contributed by atoms with Gasteiger partial charge in [-0.05, 0) is 43.2 Å². The molecule has 1 amide bonds. The average Bonchev–Trinajstić information content (AvgIpc) is 2.61. The third-order valence-electron chi connectivity index (χ3n) is 4.29. The van der Waals surface area contributed by atoms with Crippen LogP contribution in [-0.4, -0.2) is 24.2 Å². The molecule has 1 aromatic rings. The normalized spacial score (nSPS) is 18.9. The van der Waals surface area contributed by atoms with Crippen LogP contribution < -0.4 is 5.32 Å². The number of ether oxygens (including phenoxy) is 1. The first kappa shape index (κ1) is 17.8. The van der Waals surface area contributed by atoms with Crippen LogP contribution in [-0.2, 0) is 20.9 Å². The Hall–Kier alpha value is -3.02. The molecule has 0 fully saturated rings. The number of aryl methyl sites for hydroxylation is 1. The van der Waals surface area contributed by atoms with Crippen molar-refractivity contribution in [3.8, 4) is 0 Å². The van der Waals surface area contributed by atoms with Gasteiger partial charge in [-0.25, -0.2) is 14.2 Å². The molecule has 5 nitrogen and oxygen atoms in total. The summed E-state index contributed by atoms with van der Waals surface area (Å²) in [5.74, 6) is -2.50. The van der Waals surface area contributed by atoms with Crippen LogP contribution in [0.5, 0.6) is 0 Å². The Balaban J connectivity index is 1.99. The molecule has 6 heteroatoms. The predicted octanol–water partition coefficient (Wildman–Crippen LogP) is 2.92. The molecule has 1 aromatic carbocycles. The fraction of sp³-hybridized carbons (Fsp3) is 0.250. The Bertz CT molecular complexity index is 881. The molecule has 1 aliphatic carbocycles. The summed E-state index contributed by atoms with van der Waals surface area (Å²) in [5, 5.41) is 3.15. The number of esters is 1. The van der Waals surface area contributed by atoms with Gasteiger partial charge in [0.15, 0.2) is 0 Å². The first-order valence-electron chi connectivity index (χ1n) is 8.39. The fourth-order valence-corrected chi connectivity index (χ4v) is 2.95. The Morgan fingerprint density at radius 1 is 1.31 bits per heavy atom. The highest BCUT2D eigenvalue weighted by molar-refractivity contribution is 6.24. The summed E-state index contributed by atoms with van der Waals surface area (Å²) in [5.41, 5.74) is 2.63. The van der Waals surface area contributed by atoms with Gasteiger partial charge >= 0.3 is 5.97 Å². The zero-order chi connectivity index (χ0) is 18.7. The van der Waals surface area contributed by atoms with Crippen LogP contribution in [0.15, 0.2) is 64.6 Å². The number of dihydropyridines is 1. The lowest BCUT2D eigenvalue weighted by Gasteiger charge is -2.27. The number of carbonyl (C=O) groups excluding carboxylic acids is 2. The van der Waals surface area contributed by atoms with Crippen LogP contribution in [0.25, 0.3) is 0 Å². The Morgan fingerprint density at radius 3 is 2.81 bits per heavy atom. The van der Waals surface area contributed by atoms with Crippen molar-refractivity contribution in [1.29, 1.82) is 0 Å². The number of carbonyl (C=O) groups is 2. The van der Waals surface area contributed by atoms with Crippen LogP contribution in [0, 0.1) is 12.8 Å². The van der Waals surface area contributed by atoms with Crippen molar-refractivity contribution in [2.75, 3.05) is 6.61 Å². The van der Waals surface area contributed by atoms with Gasteiger partial charge in [0.2, 0.25) is 0 Å². The molecule has 1 aliphatic heterocycles. The fourth-order valence-electron chi connectivity index (χ4n) is 2.95. The molecule has 134 valence electrons. The molecule has 0 spiro atoms. The number of halogens is 1. The molecule has 0 saturated carbocycles. The lowest BCUT2D eigenvalue weighted by atomic mass is 9.88. The molecule has 1 atom stereocenters. The van der Waals surface area contributed by atoms with Crippen molar-refractivity contribution >= 4 is 17.6 Å². The number of hydrogen-bond donors (Lipinski definition) is 1. The molecule has 2 aliphatic rings. The quantitative estimate of drug-likeness (QED) is 0.652. The minimum atomic E-state index is -0.754. The second kappa shape index (κ2) is 7.47. The zero-order valence-electron chi connectivity index (χ0n) is 14.6. The molecule has 0 saturated heterocycles. The number of fused-ring (bicyclic) bond motifs is 1. The summed E-state index contributed by atoms with van der Waals surface area (Å²) in [6.45, 7) is 4.15. The summed E-state index contributed by atoms with van der Waals surface area (Å²) in [4.78, 5) is 28.6. The van der Waals surface area contributed by atoms with E-state index in [2.05, 4.69) is 10.3 Å². The number of benzene rings is 1. The number of aliphatic imine (C=N–C) groups is 1. The van der Waals surface area contributed by atoms with Crippen LogP contribution in [0.1, 0.15) is 18.1 Å². The molecule has 1 unspecified atom stereocenters. The molecule has 0 aromatic heterocycles. The van der Waals surface area contributed by atoms with Crippen molar-refractivity contribution in [1.82, 2.24) is 5.32 Å². The third kappa shape index (κ3) is 3.49. The SMILES string of the molecule is CCOC(=O)C1=C(NCc2ccccc2C)C2C=C(F)C=CC2=NC1=O. The molecule has 3 rings (SSSR count). The molecular weight excluding hydrogens is 335 g/mol. The minimum Gasteiger partial charge on any atom is -0.462 e. The summed E-state index contributed by atoms with van der Waals surface area (Å²) >= 11 is 0. The average molecular weight is 354 g/mol. The number of hydrogen-bond acceptors (Lipinski definition) is 4.